The molecule has 0 radical (unpaired) electrons. The van der Waals surface area contributed by atoms with Crippen LogP contribution in [0.2, 0.25) is 0 Å². The minimum absolute atomic E-state index is 0.644. The molecule has 0 aliphatic carbocycles. The van der Waals surface area contributed by atoms with Crippen LogP contribution >= 0.6 is 0 Å². The van der Waals surface area contributed by atoms with Crippen molar-refractivity contribution >= 4 is 0 Å². The van der Waals surface area contributed by atoms with Gasteiger partial charge >= 0.3 is 0 Å². The number of rotatable bonds is 5. The third-order valence-corrected chi connectivity index (χ3v) is 7.20. The zero-order valence-electron chi connectivity index (χ0n) is 16.7. The first-order chi connectivity index (χ1) is 13.2. The molecular weight excluding hydrogens is 332 g/mol. The van der Waals surface area contributed by atoms with Gasteiger partial charge in [-0.1, -0.05) is 37.3 Å². The molecule has 4 saturated heterocycles. The van der Waals surface area contributed by atoms with Crippen molar-refractivity contribution in [1.29, 1.82) is 0 Å². The van der Waals surface area contributed by atoms with Crippen LogP contribution in [0.5, 0.6) is 0 Å². The molecule has 5 heterocycles. The molecule has 27 heavy (non-hydrogen) atoms. The van der Waals surface area contributed by atoms with Gasteiger partial charge in [0.25, 0.3) is 0 Å². The van der Waals surface area contributed by atoms with Crippen LogP contribution in [0.4, 0.5) is 0 Å². The Morgan fingerprint density at radius 2 is 1.85 bits per heavy atom. The van der Waals surface area contributed by atoms with Crippen molar-refractivity contribution in [2.24, 2.45) is 5.92 Å². The highest BCUT2D eigenvalue weighted by atomic mass is 15.3. The van der Waals surface area contributed by atoms with Gasteiger partial charge in [0, 0.05) is 49.4 Å². The standard InChI is InChI=1S/C23H32N4/c1-3-11-27-15-20(17(2)24-27)14-26-16-21(18-7-5-4-6-8-18)23-22(26)19-9-12-25(23)13-10-19/h4-8,15,19,21-23H,3,9-14,16H2,1-2H3/t21-,22-,23-/m1/s1. The fraction of sp³-hybridized carbons (Fsp3) is 0.609. The maximum Gasteiger partial charge on any atom is 0.0638 e. The van der Waals surface area contributed by atoms with Gasteiger partial charge in [-0.15, -0.1) is 0 Å². The van der Waals surface area contributed by atoms with Gasteiger partial charge in [-0.25, -0.2) is 0 Å². The Balaban J connectivity index is 1.44. The first kappa shape index (κ1) is 17.4. The lowest BCUT2D eigenvalue weighted by atomic mass is 9.75. The first-order valence-electron chi connectivity index (χ1n) is 10.8. The van der Waals surface area contributed by atoms with Gasteiger partial charge in [0.15, 0.2) is 0 Å². The average Bonchev–Trinajstić information content (AvgIpc) is 3.26. The highest BCUT2D eigenvalue weighted by molar-refractivity contribution is 5.28. The maximum absolute atomic E-state index is 4.75. The number of benzene rings is 1. The average molecular weight is 365 g/mol. The first-order valence-corrected chi connectivity index (χ1v) is 10.8. The Hall–Kier alpha value is -1.65. The van der Waals surface area contributed by atoms with E-state index in [-0.39, 0.29) is 0 Å². The Morgan fingerprint density at radius 1 is 1.07 bits per heavy atom. The van der Waals surface area contributed by atoms with E-state index < -0.39 is 0 Å². The summed E-state index contributed by atoms with van der Waals surface area (Å²) in [6, 6.07) is 12.7. The van der Waals surface area contributed by atoms with E-state index in [0.29, 0.717) is 18.0 Å². The molecule has 0 amide bonds. The van der Waals surface area contributed by atoms with Crippen molar-refractivity contribution in [3.63, 3.8) is 0 Å². The smallest absolute Gasteiger partial charge is 0.0638 e. The minimum atomic E-state index is 0.644. The second kappa shape index (κ2) is 7.06. The van der Waals surface area contributed by atoms with Gasteiger partial charge in [-0.05, 0) is 50.8 Å². The van der Waals surface area contributed by atoms with E-state index in [1.807, 2.05) is 0 Å². The normalized spacial score (nSPS) is 32.7. The van der Waals surface area contributed by atoms with Gasteiger partial charge in [0.2, 0.25) is 0 Å². The lowest BCUT2D eigenvalue weighted by Gasteiger charge is -2.51. The lowest BCUT2D eigenvalue weighted by molar-refractivity contribution is -0.00873. The second-order valence-electron chi connectivity index (χ2n) is 8.80. The van der Waals surface area contributed by atoms with Crippen LogP contribution in [-0.2, 0) is 13.1 Å². The van der Waals surface area contributed by atoms with Gasteiger partial charge < -0.3 is 0 Å². The van der Waals surface area contributed by atoms with Crippen LogP contribution in [0, 0.1) is 12.8 Å². The Bertz CT molecular complexity index is 775. The van der Waals surface area contributed by atoms with Gasteiger partial charge in [-0.2, -0.15) is 5.10 Å². The number of hydrogen-bond donors (Lipinski definition) is 0. The van der Waals surface area contributed by atoms with Crippen LogP contribution in [0.1, 0.15) is 48.9 Å². The van der Waals surface area contributed by atoms with Gasteiger partial charge in [0.05, 0.1) is 5.69 Å². The third kappa shape index (κ3) is 3.03. The molecule has 0 N–H and O–H groups in total. The van der Waals surface area contributed by atoms with Gasteiger partial charge in [-0.3, -0.25) is 14.5 Å². The lowest BCUT2D eigenvalue weighted by Crippen LogP contribution is -2.59. The van der Waals surface area contributed by atoms with Crippen molar-refractivity contribution in [3.8, 4) is 0 Å². The van der Waals surface area contributed by atoms with E-state index in [2.05, 4.69) is 64.9 Å². The summed E-state index contributed by atoms with van der Waals surface area (Å²) in [6.07, 6.45) is 6.20. The molecule has 4 aliphatic heterocycles. The molecule has 1 aromatic carbocycles. The van der Waals surface area contributed by atoms with E-state index in [9.17, 15) is 0 Å². The van der Waals surface area contributed by atoms with Crippen LogP contribution in [-0.4, -0.2) is 51.3 Å². The molecule has 0 saturated carbocycles. The zero-order valence-corrected chi connectivity index (χ0v) is 16.7. The van der Waals surface area contributed by atoms with Crippen molar-refractivity contribution < 1.29 is 0 Å². The summed E-state index contributed by atoms with van der Waals surface area (Å²) in [5.74, 6) is 1.52. The van der Waals surface area contributed by atoms with Gasteiger partial charge in [0.1, 0.15) is 0 Å². The van der Waals surface area contributed by atoms with E-state index in [1.54, 1.807) is 0 Å². The Morgan fingerprint density at radius 3 is 2.59 bits per heavy atom. The Kier molecular flexibility index (Phi) is 4.57. The highest BCUT2D eigenvalue weighted by Gasteiger charge is 2.53. The van der Waals surface area contributed by atoms with Crippen LogP contribution in [0.25, 0.3) is 0 Å². The Labute approximate surface area is 163 Å². The predicted molar refractivity (Wildman–Crippen MR) is 109 cm³/mol. The highest BCUT2D eigenvalue weighted by Crippen LogP contribution is 2.47. The molecule has 2 aromatic rings. The molecule has 0 unspecified atom stereocenters. The fourth-order valence-electron chi connectivity index (χ4n) is 5.99. The summed E-state index contributed by atoms with van der Waals surface area (Å²) in [6.45, 7) is 10.3. The van der Waals surface area contributed by atoms with E-state index in [1.165, 1.54) is 49.3 Å². The third-order valence-electron chi connectivity index (χ3n) is 7.20. The molecule has 2 bridgehead atoms. The summed E-state index contributed by atoms with van der Waals surface area (Å²) in [5.41, 5.74) is 4.16. The number of aryl methyl sites for hydroxylation is 2. The topological polar surface area (TPSA) is 24.3 Å². The van der Waals surface area contributed by atoms with Crippen molar-refractivity contribution in [3.05, 3.63) is 53.3 Å². The predicted octanol–water partition coefficient (Wildman–Crippen LogP) is 3.66. The maximum atomic E-state index is 4.75. The molecule has 0 spiro atoms. The van der Waals surface area contributed by atoms with E-state index >= 15 is 0 Å². The fourth-order valence-corrected chi connectivity index (χ4v) is 5.99. The summed E-state index contributed by atoms with van der Waals surface area (Å²) in [7, 11) is 0. The molecule has 4 nitrogen and oxygen atoms in total. The minimum Gasteiger partial charge on any atom is -0.298 e. The number of nitrogens with zero attached hydrogens (tertiary/aromatic N) is 4. The number of hydrogen-bond acceptors (Lipinski definition) is 3. The van der Waals surface area contributed by atoms with Crippen LogP contribution in [0.3, 0.4) is 0 Å². The number of fused-ring (bicyclic) bond motifs is 2. The number of aromatic nitrogens is 2. The molecule has 4 aliphatic rings. The second-order valence-corrected chi connectivity index (χ2v) is 8.80. The molecule has 144 valence electrons. The summed E-state index contributed by atoms with van der Waals surface area (Å²) in [4.78, 5) is 5.61. The monoisotopic (exact) mass is 364 g/mol. The molecule has 1 aromatic heterocycles. The van der Waals surface area contributed by atoms with Crippen molar-refractivity contribution in [1.82, 2.24) is 19.6 Å². The zero-order chi connectivity index (χ0) is 18.4. The van der Waals surface area contributed by atoms with Crippen LogP contribution < -0.4 is 0 Å². The molecule has 4 heteroatoms. The summed E-state index contributed by atoms with van der Waals surface area (Å²) in [5, 5.41) is 4.75. The SMILES string of the molecule is CCCn1cc(CN2C[C@H](c3ccccc3)[C@@H]3[C@H]2C2CCN3CC2)c(C)n1. The largest absolute Gasteiger partial charge is 0.298 e. The summed E-state index contributed by atoms with van der Waals surface area (Å²) >= 11 is 0. The van der Waals surface area contributed by atoms with E-state index in [4.69, 9.17) is 5.10 Å². The quantitative estimate of drug-likeness (QED) is 0.809. The molecule has 3 atom stereocenters. The molecule has 4 fully saturated rings. The van der Waals surface area contributed by atoms with Crippen molar-refractivity contribution in [2.75, 3.05) is 19.6 Å². The van der Waals surface area contributed by atoms with E-state index in [0.717, 1.165) is 25.4 Å². The van der Waals surface area contributed by atoms with Crippen molar-refractivity contribution in [2.45, 2.75) is 64.2 Å². The van der Waals surface area contributed by atoms with Crippen LogP contribution in [0.15, 0.2) is 36.5 Å². The molecule has 6 rings (SSSR count). The number of likely N-dealkylation sites (tertiary alicyclic amines) is 1. The number of piperidine rings is 3. The summed E-state index contributed by atoms with van der Waals surface area (Å²) < 4.78 is 2.14. The molecular formula is C23H32N4.